The van der Waals surface area contributed by atoms with E-state index in [4.69, 9.17) is 0 Å². The number of nitrogens with zero attached hydrogens (tertiary/aromatic N) is 1. The predicted octanol–water partition coefficient (Wildman–Crippen LogP) is 12.7. The fraction of sp³-hybridized carbons (Fsp3) is 1.00. The molecule has 0 N–H and O–H groups in total. The minimum Gasteiger partial charge on any atom is -0.293 e. The SMILES string of the molecule is CCCCCCCCCCCCCCCN(C(C)(C)CCCCCCC)C(C)(C)CCCCCCC. The highest BCUT2D eigenvalue weighted by Crippen LogP contribution is 2.34. The molecule has 0 heterocycles. The summed E-state index contributed by atoms with van der Waals surface area (Å²) in [5.41, 5.74) is 0.631. The zero-order valence-corrected chi connectivity index (χ0v) is 26.8. The molecule has 0 aliphatic heterocycles. The van der Waals surface area contributed by atoms with Crippen molar-refractivity contribution in [1.29, 1.82) is 0 Å². The molecule has 1 nitrogen and oxygen atoms in total. The van der Waals surface area contributed by atoms with Crippen LogP contribution in [0.5, 0.6) is 0 Å². The molecule has 0 aromatic carbocycles. The molecular weight excluding hydrogens is 434 g/mol. The molecule has 0 atom stereocenters. The van der Waals surface area contributed by atoms with Gasteiger partial charge in [-0.25, -0.2) is 0 Å². The second-order valence-electron chi connectivity index (χ2n) is 13.3. The molecule has 0 rings (SSSR count). The zero-order valence-electron chi connectivity index (χ0n) is 26.8. The zero-order chi connectivity index (χ0) is 27.0. The van der Waals surface area contributed by atoms with Gasteiger partial charge in [0.2, 0.25) is 0 Å². The first-order valence-electron chi connectivity index (χ1n) is 17.1. The molecule has 0 aromatic rings. The van der Waals surface area contributed by atoms with Crippen LogP contribution in [0.25, 0.3) is 0 Å². The van der Waals surface area contributed by atoms with E-state index in [2.05, 4.69) is 53.4 Å². The lowest BCUT2D eigenvalue weighted by molar-refractivity contribution is 0.00152. The Morgan fingerprint density at radius 1 is 0.333 bits per heavy atom. The summed E-state index contributed by atoms with van der Waals surface area (Å²) in [6, 6.07) is 0. The van der Waals surface area contributed by atoms with E-state index < -0.39 is 0 Å². The van der Waals surface area contributed by atoms with Gasteiger partial charge in [0.15, 0.2) is 0 Å². The highest BCUT2D eigenvalue weighted by molar-refractivity contribution is 4.92. The van der Waals surface area contributed by atoms with E-state index in [-0.39, 0.29) is 0 Å². The largest absolute Gasteiger partial charge is 0.293 e. The highest BCUT2D eigenvalue weighted by Gasteiger charge is 2.36. The fourth-order valence-electron chi connectivity index (χ4n) is 6.30. The topological polar surface area (TPSA) is 3.24 Å². The summed E-state index contributed by atoms with van der Waals surface area (Å²) in [5.74, 6) is 0. The van der Waals surface area contributed by atoms with Crippen molar-refractivity contribution in [2.24, 2.45) is 0 Å². The van der Waals surface area contributed by atoms with E-state index in [1.807, 2.05) is 0 Å². The van der Waals surface area contributed by atoms with Crippen LogP contribution in [0, 0.1) is 0 Å². The van der Waals surface area contributed by atoms with Crippen molar-refractivity contribution in [2.75, 3.05) is 6.54 Å². The van der Waals surface area contributed by atoms with Crippen molar-refractivity contribution < 1.29 is 0 Å². The molecule has 0 bridgehead atoms. The van der Waals surface area contributed by atoms with E-state index in [0.717, 1.165) is 0 Å². The average molecular weight is 508 g/mol. The van der Waals surface area contributed by atoms with Gasteiger partial charge in [-0.3, -0.25) is 4.90 Å². The first-order valence-corrected chi connectivity index (χ1v) is 17.1. The minimum absolute atomic E-state index is 0.316. The monoisotopic (exact) mass is 508 g/mol. The van der Waals surface area contributed by atoms with Gasteiger partial charge >= 0.3 is 0 Å². The fourth-order valence-corrected chi connectivity index (χ4v) is 6.30. The molecule has 0 aliphatic rings. The normalized spacial score (nSPS) is 12.7. The van der Waals surface area contributed by atoms with Gasteiger partial charge in [0.05, 0.1) is 0 Å². The molecule has 218 valence electrons. The maximum absolute atomic E-state index is 2.94. The number of hydrogen-bond donors (Lipinski definition) is 0. The lowest BCUT2D eigenvalue weighted by atomic mass is 9.85. The van der Waals surface area contributed by atoms with E-state index in [9.17, 15) is 0 Å². The van der Waals surface area contributed by atoms with E-state index >= 15 is 0 Å². The summed E-state index contributed by atoms with van der Waals surface area (Å²) in [6.07, 6.45) is 35.5. The van der Waals surface area contributed by atoms with Crippen LogP contribution in [-0.4, -0.2) is 22.5 Å². The van der Waals surface area contributed by atoms with Crippen LogP contribution < -0.4 is 0 Å². The summed E-state index contributed by atoms with van der Waals surface area (Å²) in [4.78, 5) is 2.94. The molecule has 0 spiro atoms. The maximum atomic E-state index is 2.94. The number of rotatable bonds is 28. The van der Waals surface area contributed by atoms with Gasteiger partial charge < -0.3 is 0 Å². The first-order chi connectivity index (χ1) is 17.3. The van der Waals surface area contributed by atoms with Crippen molar-refractivity contribution in [3.8, 4) is 0 Å². The number of unbranched alkanes of at least 4 members (excludes halogenated alkanes) is 20. The van der Waals surface area contributed by atoms with Crippen molar-refractivity contribution in [1.82, 2.24) is 4.90 Å². The third-order valence-corrected chi connectivity index (χ3v) is 8.73. The van der Waals surface area contributed by atoms with Crippen LogP contribution in [-0.2, 0) is 0 Å². The van der Waals surface area contributed by atoms with E-state index in [1.165, 1.54) is 167 Å². The molecule has 0 saturated heterocycles. The summed E-state index contributed by atoms with van der Waals surface area (Å²) in [6.45, 7) is 18.4. The molecular formula is C35H73N. The molecule has 0 radical (unpaired) electrons. The second-order valence-corrected chi connectivity index (χ2v) is 13.3. The Kier molecular flexibility index (Phi) is 24.0. The summed E-state index contributed by atoms with van der Waals surface area (Å²) < 4.78 is 0. The van der Waals surface area contributed by atoms with Gasteiger partial charge in [0.1, 0.15) is 0 Å². The van der Waals surface area contributed by atoms with Crippen LogP contribution in [0.1, 0.15) is 209 Å². The van der Waals surface area contributed by atoms with Crippen LogP contribution in [0.3, 0.4) is 0 Å². The van der Waals surface area contributed by atoms with Gasteiger partial charge in [-0.1, -0.05) is 162 Å². The predicted molar refractivity (Wildman–Crippen MR) is 167 cm³/mol. The standard InChI is InChI=1S/C35H73N/c1-8-11-14-17-18-19-20-21-22-23-24-27-30-33-36(34(4,5)31-28-25-15-12-9-2)35(6,7)32-29-26-16-13-10-3/h8-33H2,1-7H3. The molecule has 0 aliphatic carbocycles. The maximum Gasteiger partial charge on any atom is 0.0158 e. The molecule has 0 saturated carbocycles. The Hall–Kier alpha value is -0.0400. The Morgan fingerprint density at radius 3 is 0.889 bits per heavy atom. The smallest absolute Gasteiger partial charge is 0.0158 e. The molecule has 0 unspecified atom stereocenters. The molecule has 0 fully saturated rings. The average Bonchev–Trinajstić information content (AvgIpc) is 2.83. The lowest BCUT2D eigenvalue weighted by Crippen LogP contribution is -2.55. The Bertz CT molecular complexity index is 412. The third-order valence-electron chi connectivity index (χ3n) is 8.73. The molecule has 1 heteroatoms. The molecule has 0 amide bonds. The molecule has 36 heavy (non-hydrogen) atoms. The van der Waals surface area contributed by atoms with Gasteiger partial charge in [0, 0.05) is 11.1 Å². The Balaban J connectivity index is 4.41. The van der Waals surface area contributed by atoms with Gasteiger partial charge in [0.25, 0.3) is 0 Å². The van der Waals surface area contributed by atoms with Crippen molar-refractivity contribution in [2.45, 2.75) is 220 Å². The van der Waals surface area contributed by atoms with Crippen molar-refractivity contribution in [3.63, 3.8) is 0 Å². The van der Waals surface area contributed by atoms with E-state index in [1.54, 1.807) is 0 Å². The van der Waals surface area contributed by atoms with E-state index in [0.29, 0.717) is 11.1 Å². The van der Waals surface area contributed by atoms with Crippen molar-refractivity contribution >= 4 is 0 Å². The highest BCUT2D eigenvalue weighted by atomic mass is 15.2. The van der Waals surface area contributed by atoms with Crippen molar-refractivity contribution in [3.05, 3.63) is 0 Å². The Morgan fingerprint density at radius 2 is 0.583 bits per heavy atom. The van der Waals surface area contributed by atoms with Gasteiger partial charge in [-0.05, 0) is 53.5 Å². The van der Waals surface area contributed by atoms with Gasteiger partial charge in [-0.2, -0.15) is 0 Å². The molecule has 0 aromatic heterocycles. The summed E-state index contributed by atoms with van der Waals surface area (Å²) in [5, 5.41) is 0. The number of hydrogen-bond acceptors (Lipinski definition) is 1. The minimum atomic E-state index is 0.316. The van der Waals surface area contributed by atoms with Gasteiger partial charge in [-0.15, -0.1) is 0 Å². The second kappa shape index (κ2) is 24.0. The first kappa shape index (κ1) is 36.0. The quantitative estimate of drug-likeness (QED) is 0.0951. The Labute approximate surface area is 231 Å². The van der Waals surface area contributed by atoms with Crippen LogP contribution in [0.4, 0.5) is 0 Å². The lowest BCUT2D eigenvalue weighted by Gasteiger charge is -2.49. The van der Waals surface area contributed by atoms with Crippen LogP contribution in [0.2, 0.25) is 0 Å². The summed E-state index contributed by atoms with van der Waals surface area (Å²) in [7, 11) is 0. The third kappa shape index (κ3) is 20.0. The van der Waals surface area contributed by atoms with Crippen LogP contribution in [0.15, 0.2) is 0 Å². The van der Waals surface area contributed by atoms with Crippen LogP contribution >= 0.6 is 0 Å². The summed E-state index contributed by atoms with van der Waals surface area (Å²) >= 11 is 0.